The summed E-state index contributed by atoms with van der Waals surface area (Å²) in [6.45, 7) is 7.03. The zero-order chi connectivity index (χ0) is 22.7. The molecule has 3 aromatic carbocycles. The lowest BCUT2D eigenvalue weighted by Crippen LogP contribution is -2.47. The molecule has 4 rings (SSSR count). The van der Waals surface area contributed by atoms with E-state index in [0.717, 1.165) is 50.6 Å². The van der Waals surface area contributed by atoms with Crippen LogP contribution in [0.3, 0.4) is 0 Å². The van der Waals surface area contributed by atoms with Crippen LogP contribution in [0.1, 0.15) is 22.8 Å². The second-order valence-corrected chi connectivity index (χ2v) is 8.39. The zero-order valence-electron chi connectivity index (χ0n) is 19.5. The Bertz CT molecular complexity index is 966. The summed E-state index contributed by atoms with van der Waals surface area (Å²) >= 11 is 0. The van der Waals surface area contributed by atoms with Crippen LogP contribution in [0.4, 0.5) is 0 Å². The van der Waals surface area contributed by atoms with Crippen LogP contribution in [-0.4, -0.2) is 62.8 Å². The van der Waals surface area contributed by atoms with Crippen molar-refractivity contribution >= 4 is 6.08 Å². The van der Waals surface area contributed by atoms with Gasteiger partial charge in [0.15, 0.2) is 0 Å². The Morgan fingerprint density at radius 3 is 2.03 bits per heavy atom. The lowest BCUT2D eigenvalue weighted by molar-refractivity contribution is 0.0467. The average molecular weight is 443 g/mol. The van der Waals surface area contributed by atoms with Crippen molar-refractivity contribution in [2.24, 2.45) is 0 Å². The summed E-state index contributed by atoms with van der Waals surface area (Å²) in [5.41, 5.74) is 3.59. The van der Waals surface area contributed by atoms with Crippen LogP contribution in [0.15, 0.2) is 91.0 Å². The molecule has 0 aromatic heterocycles. The minimum absolute atomic E-state index is 0.0680. The number of hydrogen-bond acceptors (Lipinski definition) is 4. The van der Waals surface area contributed by atoms with Crippen LogP contribution in [0, 0.1) is 0 Å². The molecule has 0 aliphatic carbocycles. The summed E-state index contributed by atoms with van der Waals surface area (Å²) in [5.74, 6) is 0.863. The summed E-state index contributed by atoms with van der Waals surface area (Å²) in [4.78, 5) is 5.02. The molecule has 1 unspecified atom stereocenters. The Morgan fingerprint density at radius 1 is 0.758 bits per heavy atom. The average Bonchev–Trinajstić information content (AvgIpc) is 2.89. The van der Waals surface area contributed by atoms with Gasteiger partial charge in [-0.2, -0.15) is 0 Å². The van der Waals surface area contributed by atoms with Crippen LogP contribution < -0.4 is 4.74 Å². The fourth-order valence-electron chi connectivity index (χ4n) is 4.19. The van der Waals surface area contributed by atoms with Crippen molar-refractivity contribution < 1.29 is 9.47 Å². The minimum atomic E-state index is -0.0680. The van der Waals surface area contributed by atoms with E-state index in [0.29, 0.717) is 6.61 Å². The molecule has 1 aliphatic rings. The SMILES string of the molecule is COc1ccc(C(OCCN2CCN(C/C=C/c3ccccc3)CC2)c2ccccc2)cc1. The molecule has 0 N–H and O–H groups in total. The largest absolute Gasteiger partial charge is 0.497 e. The van der Waals surface area contributed by atoms with Gasteiger partial charge in [-0.3, -0.25) is 9.80 Å². The number of hydrogen-bond donors (Lipinski definition) is 0. The number of rotatable bonds is 10. The van der Waals surface area contributed by atoms with Crippen molar-refractivity contribution in [1.82, 2.24) is 9.80 Å². The van der Waals surface area contributed by atoms with E-state index in [1.165, 1.54) is 11.1 Å². The molecule has 1 saturated heterocycles. The molecule has 0 radical (unpaired) electrons. The van der Waals surface area contributed by atoms with Gasteiger partial charge in [-0.25, -0.2) is 0 Å². The summed E-state index contributed by atoms with van der Waals surface area (Å²) < 4.78 is 11.7. The maximum atomic E-state index is 6.42. The van der Waals surface area contributed by atoms with Crippen molar-refractivity contribution in [3.63, 3.8) is 0 Å². The lowest BCUT2D eigenvalue weighted by atomic mass is 10.0. The first-order valence-electron chi connectivity index (χ1n) is 11.8. The second-order valence-electron chi connectivity index (χ2n) is 8.39. The van der Waals surface area contributed by atoms with Crippen LogP contribution in [0.2, 0.25) is 0 Å². The van der Waals surface area contributed by atoms with E-state index in [-0.39, 0.29) is 6.10 Å². The van der Waals surface area contributed by atoms with Crippen molar-refractivity contribution in [3.8, 4) is 5.75 Å². The molecular weight excluding hydrogens is 408 g/mol. The van der Waals surface area contributed by atoms with Gasteiger partial charge in [0.1, 0.15) is 11.9 Å². The number of methoxy groups -OCH3 is 1. The van der Waals surface area contributed by atoms with E-state index in [9.17, 15) is 0 Å². The highest BCUT2D eigenvalue weighted by atomic mass is 16.5. The Labute approximate surface area is 198 Å². The van der Waals surface area contributed by atoms with E-state index >= 15 is 0 Å². The van der Waals surface area contributed by atoms with Crippen LogP contribution >= 0.6 is 0 Å². The van der Waals surface area contributed by atoms with E-state index in [4.69, 9.17) is 9.47 Å². The van der Waals surface area contributed by atoms with Gasteiger partial charge in [0.05, 0.1) is 13.7 Å². The maximum absolute atomic E-state index is 6.42. The van der Waals surface area contributed by atoms with Gasteiger partial charge in [-0.15, -0.1) is 0 Å². The Balaban J connectivity index is 1.24. The molecule has 1 aliphatic heterocycles. The molecule has 0 saturated carbocycles. The minimum Gasteiger partial charge on any atom is -0.497 e. The highest BCUT2D eigenvalue weighted by molar-refractivity contribution is 5.48. The highest BCUT2D eigenvalue weighted by Crippen LogP contribution is 2.27. The maximum Gasteiger partial charge on any atom is 0.118 e. The molecule has 1 heterocycles. The normalized spacial score (nSPS) is 16.2. The Hall–Kier alpha value is -2.92. The van der Waals surface area contributed by atoms with E-state index in [2.05, 4.69) is 88.7 Å². The van der Waals surface area contributed by atoms with Gasteiger partial charge in [-0.1, -0.05) is 84.9 Å². The van der Waals surface area contributed by atoms with Crippen LogP contribution in [0.5, 0.6) is 5.75 Å². The number of nitrogens with zero attached hydrogens (tertiary/aromatic N) is 2. The third-order valence-electron chi connectivity index (χ3n) is 6.15. The third-order valence-corrected chi connectivity index (χ3v) is 6.15. The molecule has 33 heavy (non-hydrogen) atoms. The number of benzene rings is 3. The van der Waals surface area contributed by atoms with Gasteiger partial charge >= 0.3 is 0 Å². The van der Waals surface area contributed by atoms with E-state index in [1.54, 1.807) is 7.11 Å². The highest BCUT2D eigenvalue weighted by Gasteiger charge is 2.18. The number of piperazine rings is 1. The van der Waals surface area contributed by atoms with Crippen LogP contribution in [0.25, 0.3) is 6.08 Å². The van der Waals surface area contributed by atoms with Gasteiger partial charge in [0.25, 0.3) is 0 Å². The van der Waals surface area contributed by atoms with E-state index < -0.39 is 0 Å². The molecule has 4 nitrogen and oxygen atoms in total. The molecule has 172 valence electrons. The van der Waals surface area contributed by atoms with Gasteiger partial charge in [-0.05, 0) is 28.8 Å². The molecule has 0 spiro atoms. The lowest BCUT2D eigenvalue weighted by Gasteiger charge is -2.34. The van der Waals surface area contributed by atoms with Crippen molar-refractivity contribution in [2.45, 2.75) is 6.10 Å². The summed E-state index contributed by atoms with van der Waals surface area (Å²) in [6, 6.07) is 29.1. The molecule has 0 bridgehead atoms. The Morgan fingerprint density at radius 2 is 1.36 bits per heavy atom. The van der Waals surface area contributed by atoms with Crippen molar-refractivity contribution in [3.05, 3.63) is 108 Å². The van der Waals surface area contributed by atoms with E-state index in [1.807, 2.05) is 18.2 Å². The summed E-state index contributed by atoms with van der Waals surface area (Å²) in [7, 11) is 1.69. The van der Waals surface area contributed by atoms with Crippen molar-refractivity contribution in [2.75, 3.05) is 53.0 Å². The summed E-state index contributed by atoms with van der Waals surface area (Å²) in [6.07, 6.45) is 4.41. The molecule has 4 heteroatoms. The number of ether oxygens (including phenoxy) is 2. The topological polar surface area (TPSA) is 24.9 Å². The monoisotopic (exact) mass is 442 g/mol. The smallest absolute Gasteiger partial charge is 0.118 e. The predicted octanol–water partition coefficient (Wildman–Crippen LogP) is 5.13. The second kappa shape index (κ2) is 12.4. The first-order chi connectivity index (χ1) is 16.3. The fourth-order valence-corrected chi connectivity index (χ4v) is 4.19. The molecular formula is C29H34N2O2. The standard InChI is InChI=1S/C29H34N2O2/c1-32-28-16-14-27(15-17-28)29(26-12-6-3-7-13-26)33-24-23-31-21-19-30(20-22-31)18-8-11-25-9-4-2-5-10-25/h2-17,29H,18-24H2,1H3/b11-8+. The van der Waals surface area contributed by atoms with Crippen LogP contribution in [-0.2, 0) is 4.74 Å². The quantitative estimate of drug-likeness (QED) is 0.434. The first kappa shape index (κ1) is 23.2. The van der Waals surface area contributed by atoms with Crippen molar-refractivity contribution in [1.29, 1.82) is 0 Å². The summed E-state index contributed by atoms with van der Waals surface area (Å²) in [5, 5.41) is 0. The predicted molar refractivity (Wildman–Crippen MR) is 136 cm³/mol. The molecule has 3 aromatic rings. The molecule has 0 amide bonds. The Kier molecular flexibility index (Phi) is 8.70. The molecule has 1 atom stereocenters. The fraction of sp³-hybridized carbons (Fsp3) is 0.310. The molecule has 1 fully saturated rings. The van der Waals surface area contributed by atoms with Gasteiger partial charge in [0, 0.05) is 39.3 Å². The van der Waals surface area contributed by atoms with Gasteiger partial charge in [0.2, 0.25) is 0 Å². The zero-order valence-corrected chi connectivity index (χ0v) is 19.5. The first-order valence-corrected chi connectivity index (χ1v) is 11.8. The van der Waals surface area contributed by atoms with Gasteiger partial charge < -0.3 is 9.47 Å². The third kappa shape index (κ3) is 7.03.